The van der Waals surface area contributed by atoms with Gasteiger partial charge < -0.3 is 15.0 Å². The number of benzene rings is 1. The fraction of sp³-hybridized carbons (Fsp3) is 0.556. The molecule has 1 heterocycles. The molecule has 0 atom stereocenters. The first-order chi connectivity index (χ1) is 11.5. The van der Waals surface area contributed by atoms with Crippen LogP contribution in [0.3, 0.4) is 0 Å². The van der Waals surface area contributed by atoms with Crippen LogP contribution < -0.4 is 5.32 Å². The largest absolute Gasteiger partial charge is 0.466 e. The number of guanidine groups is 1. The highest BCUT2D eigenvalue weighted by Gasteiger charge is 2.27. The van der Waals surface area contributed by atoms with Crippen LogP contribution in [0.1, 0.15) is 30.9 Å². The van der Waals surface area contributed by atoms with Crippen LogP contribution in [-0.4, -0.2) is 43.6 Å². The number of aliphatic imine (C=N–C) groups is 1. The first kappa shape index (κ1) is 18.2. The Morgan fingerprint density at radius 2 is 2.12 bits per heavy atom. The van der Waals surface area contributed by atoms with E-state index in [0.717, 1.165) is 37.5 Å². The van der Waals surface area contributed by atoms with Crippen molar-refractivity contribution in [2.45, 2.75) is 33.2 Å². The second-order valence-corrected chi connectivity index (χ2v) is 6.00. The van der Waals surface area contributed by atoms with Gasteiger partial charge in [0.2, 0.25) is 0 Å². The van der Waals surface area contributed by atoms with Gasteiger partial charge in [0.15, 0.2) is 5.96 Å². The molecule has 5 nitrogen and oxygen atoms in total. The van der Waals surface area contributed by atoms with Crippen molar-refractivity contribution in [1.82, 2.24) is 10.2 Å². The predicted molar refractivity (Wildman–Crippen MR) is 92.3 cm³/mol. The Morgan fingerprint density at radius 1 is 1.42 bits per heavy atom. The Kier molecular flexibility index (Phi) is 6.58. The molecule has 1 aromatic carbocycles. The third kappa shape index (κ3) is 4.69. The highest BCUT2D eigenvalue weighted by Crippen LogP contribution is 2.19. The monoisotopic (exact) mass is 335 g/mol. The minimum Gasteiger partial charge on any atom is -0.466 e. The molecule has 1 aliphatic heterocycles. The van der Waals surface area contributed by atoms with Crippen LogP contribution in [0.5, 0.6) is 0 Å². The zero-order valence-electron chi connectivity index (χ0n) is 14.6. The molecule has 0 radical (unpaired) electrons. The summed E-state index contributed by atoms with van der Waals surface area (Å²) in [7, 11) is 1.75. The summed E-state index contributed by atoms with van der Waals surface area (Å²) in [5.41, 5.74) is 1.65. The number of hydrogen-bond donors (Lipinski definition) is 1. The first-order valence-electron chi connectivity index (χ1n) is 8.42. The number of piperidine rings is 1. The molecule has 0 aliphatic carbocycles. The lowest BCUT2D eigenvalue weighted by atomic mass is 9.97. The molecule has 0 aromatic heterocycles. The van der Waals surface area contributed by atoms with Crippen molar-refractivity contribution < 1.29 is 13.9 Å². The highest BCUT2D eigenvalue weighted by atomic mass is 19.1. The minimum absolute atomic E-state index is 0.0148. The van der Waals surface area contributed by atoms with Crippen molar-refractivity contribution in [3.05, 3.63) is 35.1 Å². The Labute approximate surface area is 142 Å². The van der Waals surface area contributed by atoms with E-state index >= 15 is 0 Å². The van der Waals surface area contributed by atoms with Crippen molar-refractivity contribution in [2.75, 3.05) is 26.7 Å². The molecule has 1 fully saturated rings. The quantitative estimate of drug-likeness (QED) is 0.522. The zero-order valence-corrected chi connectivity index (χ0v) is 14.6. The number of carbonyl (C=O) groups excluding carboxylic acids is 1. The molecule has 6 heteroatoms. The molecule has 132 valence electrons. The van der Waals surface area contributed by atoms with E-state index in [1.54, 1.807) is 20.0 Å². The number of esters is 1. The molecule has 0 spiro atoms. The van der Waals surface area contributed by atoms with E-state index in [9.17, 15) is 9.18 Å². The average molecular weight is 335 g/mol. The summed E-state index contributed by atoms with van der Waals surface area (Å²) in [6.07, 6.45) is 1.55. The maximum atomic E-state index is 13.3. The number of nitrogens with one attached hydrogen (secondary N) is 1. The number of likely N-dealkylation sites (tertiary alicyclic amines) is 1. The van der Waals surface area contributed by atoms with E-state index in [1.807, 2.05) is 13.0 Å². The highest BCUT2D eigenvalue weighted by molar-refractivity contribution is 5.80. The van der Waals surface area contributed by atoms with E-state index in [4.69, 9.17) is 4.74 Å². The van der Waals surface area contributed by atoms with Gasteiger partial charge in [-0.15, -0.1) is 0 Å². The van der Waals surface area contributed by atoms with Crippen LogP contribution in [0.4, 0.5) is 4.39 Å². The van der Waals surface area contributed by atoms with Gasteiger partial charge in [-0.1, -0.05) is 12.1 Å². The van der Waals surface area contributed by atoms with Gasteiger partial charge in [-0.2, -0.15) is 0 Å². The van der Waals surface area contributed by atoms with Gasteiger partial charge in [0.25, 0.3) is 0 Å². The van der Waals surface area contributed by atoms with Gasteiger partial charge in [0.05, 0.1) is 12.5 Å². The Hall–Kier alpha value is -2.11. The number of aryl methyl sites for hydroxylation is 1. The predicted octanol–water partition coefficient (Wildman–Crippen LogP) is 2.48. The number of halogens is 1. The van der Waals surface area contributed by atoms with Gasteiger partial charge in [-0.3, -0.25) is 9.79 Å². The summed E-state index contributed by atoms with van der Waals surface area (Å²) in [6.45, 7) is 6.14. The molecule has 2 rings (SSSR count). The smallest absolute Gasteiger partial charge is 0.309 e. The van der Waals surface area contributed by atoms with Gasteiger partial charge in [-0.05, 0) is 43.9 Å². The maximum absolute atomic E-state index is 13.3. The molecule has 1 saturated heterocycles. The van der Waals surface area contributed by atoms with E-state index in [2.05, 4.69) is 15.2 Å². The molecule has 0 bridgehead atoms. The number of hydrogen-bond acceptors (Lipinski definition) is 3. The van der Waals surface area contributed by atoms with Crippen molar-refractivity contribution in [2.24, 2.45) is 10.9 Å². The molecular formula is C18H26FN3O2. The molecule has 24 heavy (non-hydrogen) atoms. The van der Waals surface area contributed by atoms with Crippen LogP contribution in [0.25, 0.3) is 0 Å². The summed E-state index contributed by atoms with van der Waals surface area (Å²) in [5, 5.41) is 3.31. The minimum atomic E-state index is -0.191. The Morgan fingerprint density at radius 3 is 2.71 bits per heavy atom. The van der Waals surface area contributed by atoms with E-state index in [1.165, 1.54) is 6.07 Å². The second-order valence-electron chi connectivity index (χ2n) is 6.00. The number of carbonyl (C=O) groups is 1. The van der Waals surface area contributed by atoms with E-state index in [-0.39, 0.29) is 17.7 Å². The zero-order chi connectivity index (χ0) is 17.5. The van der Waals surface area contributed by atoms with Gasteiger partial charge in [0.1, 0.15) is 5.82 Å². The molecule has 0 saturated carbocycles. The summed E-state index contributed by atoms with van der Waals surface area (Å²) in [5.74, 6) is 0.504. The summed E-state index contributed by atoms with van der Waals surface area (Å²) in [4.78, 5) is 18.3. The third-order valence-electron chi connectivity index (χ3n) is 4.30. The lowest BCUT2D eigenvalue weighted by Crippen LogP contribution is -2.46. The molecule has 1 aromatic rings. The number of rotatable bonds is 4. The summed E-state index contributed by atoms with van der Waals surface area (Å²) >= 11 is 0. The third-order valence-corrected chi connectivity index (χ3v) is 4.30. The van der Waals surface area contributed by atoms with Crippen LogP contribution in [-0.2, 0) is 16.1 Å². The summed E-state index contributed by atoms with van der Waals surface area (Å²) in [6, 6.07) is 5.10. The first-order valence-corrected chi connectivity index (χ1v) is 8.42. The normalized spacial score (nSPS) is 16.2. The summed E-state index contributed by atoms with van der Waals surface area (Å²) < 4.78 is 18.4. The second kappa shape index (κ2) is 8.66. The molecule has 1 N–H and O–H groups in total. The molecular weight excluding hydrogens is 309 g/mol. The fourth-order valence-corrected chi connectivity index (χ4v) is 2.92. The van der Waals surface area contributed by atoms with Crippen molar-refractivity contribution >= 4 is 11.9 Å². The molecule has 0 amide bonds. The SMILES string of the molecule is CCOC(=O)C1CCN(C(=NC)NCc2ccc(F)c(C)c2)CC1. The van der Waals surface area contributed by atoms with Crippen LogP contribution in [0.2, 0.25) is 0 Å². The topological polar surface area (TPSA) is 53.9 Å². The number of ether oxygens (including phenoxy) is 1. The van der Waals surface area contributed by atoms with Gasteiger partial charge in [0, 0.05) is 26.7 Å². The molecule has 0 unspecified atom stereocenters. The lowest BCUT2D eigenvalue weighted by molar-refractivity contribution is -0.149. The Bertz CT molecular complexity index is 596. The van der Waals surface area contributed by atoms with E-state index < -0.39 is 0 Å². The fourth-order valence-electron chi connectivity index (χ4n) is 2.92. The van der Waals surface area contributed by atoms with Crippen molar-refractivity contribution in [3.8, 4) is 0 Å². The Balaban J connectivity index is 1.86. The molecule has 1 aliphatic rings. The lowest BCUT2D eigenvalue weighted by Gasteiger charge is -2.33. The van der Waals surface area contributed by atoms with Crippen molar-refractivity contribution in [1.29, 1.82) is 0 Å². The van der Waals surface area contributed by atoms with Crippen molar-refractivity contribution in [3.63, 3.8) is 0 Å². The van der Waals surface area contributed by atoms with Crippen LogP contribution in [0.15, 0.2) is 23.2 Å². The number of nitrogens with zero attached hydrogens (tertiary/aromatic N) is 2. The van der Waals surface area contributed by atoms with Crippen LogP contribution >= 0.6 is 0 Å². The van der Waals surface area contributed by atoms with E-state index in [0.29, 0.717) is 18.7 Å². The average Bonchev–Trinajstić information content (AvgIpc) is 2.59. The van der Waals surface area contributed by atoms with Gasteiger partial charge >= 0.3 is 5.97 Å². The standard InChI is InChI=1S/C18H26FN3O2/c1-4-24-17(23)15-7-9-22(10-8-15)18(20-3)21-12-14-5-6-16(19)13(2)11-14/h5-6,11,15H,4,7-10,12H2,1-3H3,(H,20,21). The van der Waals surface area contributed by atoms with Crippen LogP contribution in [0, 0.1) is 18.7 Å². The maximum Gasteiger partial charge on any atom is 0.309 e. The van der Waals surface area contributed by atoms with Gasteiger partial charge in [-0.25, -0.2) is 4.39 Å².